The van der Waals surface area contributed by atoms with Gasteiger partial charge in [-0.3, -0.25) is 4.79 Å². The van der Waals surface area contributed by atoms with E-state index in [-0.39, 0.29) is 11.7 Å². The molecule has 0 fully saturated rings. The lowest BCUT2D eigenvalue weighted by molar-refractivity contribution is 0.0946. The third kappa shape index (κ3) is 2.81. The van der Waals surface area contributed by atoms with Gasteiger partial charge in [-0.25, -0.2) is 4.98 Å². The average Bonchev–Trinajstić information content (AvgIpc) is 2.64. The Labute approximate surface area is 140 Å². The molecule has 0 spiro atoms. The monoisotopic (exact) mass is 315 g/mol. The minimum atomic E-state index is -0.0405. The van der Waals surface area contributed by atoms with E-state index in [9.17, 15) is 4.79 Å². The number of aromatic nitrogens is 1. The van der Waals surface area contributed by atoms with Gasteiger partial charge in [0.25, 0.3) is 0 Å². The van der Waals surface area contributed by atoms with Gasteiger partial charge >= 0.3 is 0 Å². The van der Waals surface area contributed by atoms with E-state index in [0.29, 0.717) is 5.88 Å². The molecule has 118 valence electrons. The van der Waals surface area contributed by atoms with Gasteiger partial charge in [0.1, 0.15) is 5.75 Å². The Balaban J connectivity index is 1.60. The molecular formula is C21H17NO2. The van der Waals surface area contributed by atoms with E-state index in [1.807, 2.05) is 66.7 Å². The van der Waals surface area contributed by atoms with Crippen molar-refractivity contribution < 1.29 is 9.53 Å². The number of fused-ring (bicyclic) bond motifs is 1. The number of carbonyl (C=O) groups is 1. The summed E-state index contributed by atoms with van der Waals surface area (Å²) in [6, 6.07) is 21.3. The van der Waals surface area contributed by atoms with Crippen LogP contribution in [0.25, 0.3) is 0 Å². The minimum Gasteiger partial charge on any atom is -0.439 e. The first-order valence-electron chi connectivity index (χ1n) is 8.12. The molecule has 3 aromatic rings. The molecule has 0 N–H and O–H groups in total. The summed E-state index contributed by atoms with van der Waals surface area (Å²) in [4.78, 5) is 17.0. The van der Waals surface area contributed by atoms with Gasteiger partial charge in [-0.05, 0) is 48.2 Å². The van der Waals surface area contributed by atoms with Crippen molar-refractivity contribution in [1.82, 2.24) is 4.98 Å². The van der Waals surface area contributed by atoms with Crippen molar-refractivity contribution in [1.29, 1.82) is 0 Å². The van der Waals surface area contributed by atoms with E-state index in [1.165, 1.54) is 0 Å². The van der Waals surface area contributed by atoms with Gasteiger partial charge in [0.05, 0.1) is 0 Å². The fourth-order valence-electron chi connectivity index (χ4n) is 3.23. The van der Waals surface area contributed by atoms with Gasteiger partial charge in [0.2, 0.25) is 5.88 Å². The molecule has 0 aliphatic heterocycles. The Kier molecular flexibility index (Phi) is 3.83. The van der Waals surface area contributed by atoms with Gasteiger partial charge in [0.15, 0.2) is 5.78 Å². The molecule has 0 radical (unpaired) electrons. The van der Waals surface area contributed by atoms with Crippen LogP contribution in [0.15, 0.2) is 72.9 Å². The number of rotatable bonds is 3. The molecule has 1 heterocycles. The van der Waals surface area contributed by atoms with E-state index < -0.39 is 0 Å². The second-order valence-electron chi connectivity index (χ2n) is 5.96. The number of ketones is 1. The fraction of sp³-hybridized carbons (Fsp3) is 0.143. The van der Waals surface area contributed by atoms with Gasteiger partial charge in [-0.1, -0.05) is 36.4 Å². The average molecular weight is 315 g/mol. The highest BCUT2D eigenvalue weighted by Gasteiger charge is 2.28. The molecule has 1 aliphatic rings. The number of aryl methyl sites for hydroxylation is 1. The molecular weight excluding hydrogens is 298 g/mol. The molecule has 3 nitrogen and oxygen atoms in total. The lowest BCUT2D eigenvalue weighted by Crippen LogP contribution is -2.20. The van der Waals surface area contributed by atoms with Crippen molar-refractivity contribution in [2.45, 2.75) is 18.8 Å². The Hall–Kier alpha value is -2.94. The first-order valence-corrected chi connectivity index (χ1v) is 8.12. The van der Waals surface area contributed by atoms with E-state index >= 15 is 0 Å². The summed E-state index contributed by atoms with van der Waals surface area (Å²) in [5.41, 5.74) is 2.96. The lowest BCUT2D eigenvalue weighted by atomic mass is 9.79. The molecule has 0 bridgehead atoms. The number of ether oxygens (including phenoxy) is 1. The number of nitrogens with zero attached hydrogens (tertiary/aromatic N) is 1. The van der Waals surface area contributed by atoms with Crippen LogP contribution >= 0.6 is 0 Å². The molecule has 2 aromatic carbocycles. The predicted octanol–water partition coefficient (Wildman–Crippen LogP) is 4.79. The molecule has 0 saturated heterocycles. The number of benzene rings is 2. The molecule has 0 saturated carbocycles. The first-order chi connectivity index (χ1) is 11.8. The van der Waals surface area contributed by atoms with Crippen LogP contribution < -0.4 is 4.74 Å². The van der Waals surface area contributed by atoms with Gasteiger partial charge < -0.3 is 4.74 Å². The van der Waals surface area contributed by atoms with E-state index in [4.69, 9.17) is 4.74 Å². The van der Waals surface area contributed by atoms with Crippen LogP contribution in [0.2, 0.25) is 0 Å². The Bertz CT molecular complexity index is 860. The number of pyridine rings is 1. The maximum atomic E-state index is 12.8. The highest BCUT2D eigenvalue weighted by atomic mass is 16.5. The second-order valence-corrected chi connectivity index (χ2v) is 5.96. The van der Waals surface area contributed by atoms with Gasteiger partial charge in [-0.15, -0.1) is 0 Å². The van der Waals surface area contributed by atoms with Gasteiger partial charge in [0, 0.05) is 23.7 Å². The fourth-order valence-corrected chi connectivity index (χ4v) is 3.23. The SMILES string of the molecule is O=C1c2ccc(Oc3ccccn3)cc2CCC1c1ccccc1. The van der Waals surface area contributed by atoms with Crippen LogP contribution in [-0.2, 0) is 6.42 Å². The van der Waals surface area contributed by atoms with Crippen LogP contribution in [0.1, 0.15) is 33.8 Å². The Morgan fingerprint density at radius 2 is 1.79 bits per heavy atom. The zero-order chi connectivity index (χ0) is 16.4. The summed E-state index contributed by atoms with van der Waals surface area (Å²) in [6.07, 6.45) is 3.41. The number of carbonyl (C=O) groups excluding carboxylic acids is 1. The van der Waals surface area contributed by atoms with Crippen LogP contribution in [-0.4, -0.2) is 10.8 Å². The summed E-state index contributed by atoms with van der Waals surface area (Å²) in [6.45, 7) is 0. The normalized spacial score (nSPS) is 16.5. The zero-order valence-electron chi connectivity index (χ0n) is 13.2. The zero-order valence-corrected chi connectivity index (χ0v) is 13.2. The van der Waals surface area contributed by atoms with Crippen LogP contribution in [0.3, 0.4) is 0 Å². The third-order valence-corrected chi connectivity index (χ3v) is 4.42. The summed E-state index contributed by atoms with van der Waals surface area (Å²) < 4.78 is 5.77. The van der Waals surface area contributed by atoms with Crippen molar-refractivity contribution in [2.75, 3.05) is 0 Å². The Morgan fingerprint density at radius 3 is 2.58 bits per heavy atom. The van der Waals surface area contributed by atoms with Crippen molar-refractivity contribution in [2.24, 2.45) is 0 Å². The van der Waals surface area contributed by atoms with Crippen molar-refractivity contribution in [3.05, 3.63) is 89.6 Å². The first kappa shape index (κ1) is 14.6. The second kappa shape index (κ2) is 6.28. The summed E-state index contributed by atoms with van der Waals surface area (Å²) in [7, 11) is 0. The highest BCUT2D eigenvalue weighted by molar-refractivity contribution is 6.03. The predicted molar refractivity (Wildman–Crippen MR) is 92.6 cm³/mol. The number of hydrogen-bond acceptors (Lipinski definition) is 3. The lowest BCUT2D eigenvalue weighted by Gasteiger charge is -2.24. The standard InChI is InChI=1S/C21H17NO2/c23-21-18(15-6-2-1-3-7-15)11-9-16-14-17(10-12-19(16)21)24-20-8-4-5-13-22-20/h1-8,10,12-14,18H,9,11H2. The minimum absolute atomic E-state index is 0.0405. The smallest absolute Gasteiger partial charge is 0.219 e. The Morgan fingerprint density at radius 1 is 0.958 bits per heavy atom. The number of hydrogen-bond donors (Lipinski definition) is 0. The largest absolute Gasteiger partial charge is 0.439 e. The van der Waals surface area contributed by atoms with Crippen LogP contribution in [0.5, 0.6) is 11.6 Å². The van der Waals surface area contributed by atoms with Crippen LogP contribution in [0.4, 0.5) is 0 Å². The van der Waals surface area contributed by atoms with Gasteiger partial charge in [-0.2, -0.15) is 0 Å². The number of Topliss-reactive ketones (excluding diaryl/α,β-unsaturated/α-hetero) is 1. The van der Waals surface area contributed by atoms with Crippen molar-refractivity contribution >= 4 is 5.78 Å². The molecule has 24 heavy (non-hydrogen) atoms. The summed E-state index contributed by atoms with van der Waals surface area (Å²) in [5.74, 6) is 1.44. The quantitative estimate of drug-likeness (QED) is 0.698. The van der Waals surface area contributed by atoms with E-state index in [0.717, 1.165) is 35.3 Å². The molecule has 1 unspecified atom stereocenters. The van der Waals surface area contributed by atoms with E-state index in [2.05, 4.69) is 4.98 Å². The molecule has 1 atom stereocenters. The molecule has 0 amide bonds. The molecule has 3 heteroatoms. The molecule has 1 aliphatic carbocycles. The summed E-state index contributed by atoms with van der Waals surface area (Å²) in [5, 5.41) is 0. The molecule has 4 rings (SSSR count). The highest BCUT2D eigenvalue weighted by Crippen LogP contribution is 2.34. The summed E-state index contributed by atoms with van der Waals surface area (Å²) >= 11 is 0. The van der Waals surface area contributed by atoms with E-state index in [1.54, 1.807) is 6.20 Å². The topological polar surface area (TPSA) is 39.2 Å². The van der Waals surface area contributed by atoms with Crippen molar-refractivity contribution in [3.63, 3.8) is 0 Å². The van der Waals surface area contributed by atoms with Crippen molar-refractivity contribution in [3.8, 4) is 11.6 Å². The maximum absolute atomic E-state index is 12.8. The molecule has 1 aromatic heterocycles. The third-order valence-electron chi connectivity index (χ3n) is 4.42. The van der Waals surface area contributed by atoms with Crippen LogP contribution in [0, 0.1) is 0 Å². The maximum Gasteiger partial charge on any atom is 0.219 e.